The number of methoxy groups -OCH3 is 1. The number of benzene rings is 2. The Bertz CT molecular complexity index is 1180. The van der Waals surface area contributed by atoms with Crippen LogP contribution in [0.15, 0.2) is 48.5 Å². The van der Waals surface area contributed by atoms with Gasteiger partial charge in [0.2, 0.25) is 0 Å². The van der Waals surface area contributed by atoms with Crippen LogP contribution >= 0.6 is 0 Å². The normalized spacial score (nSPS) is 17.3. The Labute approximate surface area is 204 Å². The first-order valence-electron chi connectivity index (χ1n) is 12.2. The Morgan fingerprint density at radius 1 is 0.857 bits per heavy atom. The van der Waals surface area contributed by atoms with Crippen molar-refractivity contribution in [2.45, 2.75) is 0 Å². The SMILES string of the molecule is COCCN1CCN(C(=O)c2nnc(N3CCN(c4ccccc4F)CC3)c3ccccc23)CC1. The first-order chi connectivity index (χ1) is 17.2. The molecular formula is C26H31FN6O2. The van der Waals surface area contributed by atoms with Gasteiger partial charge >= 0.3 is 0 Å². The van der Waals surface area contributed by atoms with Crippen LogP contribution in [-0.2, 0) is 4.74 Å². The number of hydrogen-bond donors (Lipinski definition) is 0. The Balaban J connectivity index is 1.32. The number of aromatic nitrogens is 2. The summed E-state index contributed by atoms with van der Waals surface area (Å²) in [5.41, 5.74) is 1.03. The lowest BCUT2D eigenvalue weighted by Gasteiger charge is -2.37. The second kappa shape index (κ2) is 10.5. The summed E-state index contributed by atoms with van der Waals surface area (Å²) >= 11 is 0. The van der Waals surface area contributed by atoms with E-state index in [0.717, 1.165) is 36.2 Å². The molecule has 0 unspecified atom stereocenters. The minimum atomic E-state index is -0.200. The molecule has 2 aromatic carbocycles. The number of piperazine rings is 2. The fourth-order valence-electron chi connectivity index (χ4n) is 4.89. The van der Waals surface area contributed by atoms with E-state index in [1.165, 1.54) is 6.07 Å². The summed E-state index contributed by atoms with van der Waals surface area (Å²) in [5, 5.41) is 10.7. The van der Waals surface area contributed by atoms with E-state index >= 15 is 0 Å². The van der Waals surface area contributed by atoms with Crippen LogP contribution in [0.1, 0.15) is 10.5 Å². The quantitative estimate of drug-likeness (QED) is 0.539. The number of hydrogen-bond acceptors (Lipinski definition) is 7. The van der Waals surface area contributed by atoms with Crippen molar-refractivity contribution in [2.24, 2.45) is 0 Å². The third kappa shape index (κ3) is 4.92. The number of rotatable bonds is 6. The van der Waals surface area contributed by atoms with E-state index in [1.807, 2.05) is 41.3 Å². The number of carbonyl (C=O) groups is 1. The van der Waals surface area contributed by atoms with Gasteiger partial charge in [-0.15, -0.1) is 10.2 Å². The maximum atomic E-state index is 14.2. The van der Waals surface area contributed by atoms with Crippen molar-refractivity contribution >= 4 is 28.2 Å². The maximum absolute atomic E-state index is 14.2. The van der Waals surface area contributed by atoms with Crippen molar-refractivity contribution in [3.63, 3.8) is 0 Å². The van der Waals surface area contributed by atoms with E-state index in [1.54, 1.807) is 13.2 Å². The Kier molecular flexibility index (Phi) is 7.06. The van der Waals surface area contributed by atoms with Gasteiger partial charge in [0.05, 0.1) is 12.3 Å². The molecule has 0 saturated carbocycles. The zero-order valence-electron chi connectivity index (χ0n) is 20.1. The van der Waals surface area contributed by atoms with E-state index in [2.05, 4.69) is 24.9 Å². The predicted octanol–water partition coefficient (Wildman–Crippen LogP) is 2.50. The molecule has 1 aromatic heterocycles. The van der Waals surface area contributed by atoms with Crippen LogP contribution in [0, 0.1) is 5.82 Å². The summed E-state index contributed by atoms with van der Waals surface area (Å²) in [6, 6.07) is 14.7. The lowest BCUT2D eigenvalue weighted by molar-refractivity contribution is 0.0590. The summed E-state index contributed by atoms with van der Waals surface area (Å²) in [6.07, 6.45) is 0. The third-order valence-electron chi connectivity index (χ3n) is 6.91. The molecule has 8 nitrogen and oxygen atoms in total. The number of halogens is 1. The monoisotopic (exact) mass is 478 g/mol. The van der Waals surface area contributed by atoms with Crippen LogP contribution < -0.4 is 9.80 Å². The van der Waals surface area contributed by atoms with Gasteiger partial charge in [0.1, 0.15) is 5.82 Å². The van der Waals surface area contributed by atoms with Gasteiger partial charge in [-0.1, -0.05) is 36.4 Å². The molecule has 0 bridgehead atoms. The highest BCUT2D eigenvalue weighted by Crippen LogP contribution is 2.29. The summed E-state index contributed by atoms with van der Waals surface area (Å²) in [6.45, 7) is 7.32. The first kappa shape index (κ1) is 23.4. The number of carbonyl (C=O) groups excluding carboxylic acids is 1. The minimum absolute atomic E-state index is 0.0731. The lowest BCUT2D eigenvalue weighted by Crippen LogP contribution is -2.49. The van der Waals surface area contributed by atoms with E-state index < -0.39 is 0 Å². The van der Waals surface area contributed by atoms with Crippen LogP contribution in [0.5, 0.6) is 0 Å². The summed E-state index contributed by atoms with van der Waals surface area (Å²) in [5.74, 6) is 0.499. The highest BCUT2D eigenvalue weighted by molar-refractivity contribution is 6.07. The van der Waals surface area contributed by atoms with Crippen LogP contribution in [0.25, 0.3) is 10.8 Å². The van der Waals surface area contributed by atoms with Gasteiger partial charge in [0.25, 0.3) is 5.91 Å². The molecular weight excluding hydrogens is 447 g/mol. The number of nitrogens with zero attached hydrogens (tertiary/aromatic N) is 6. The van der Waals surface area contributed by atoms with Crippen LogP contribution in [0.3, 0.4) is 0 Å². The first-order valence-corrected chi connectivity index (χ1v) is 12.2. The van der Waals surface area contributed by atoms with Crippen LogP contribution in [0.2, 0.25) is 0 Å². The van der Waals surface area contributed by atoms with Crippen molar-refractivity contribution in [2.75, 3.05) is 82.4 Å². The van der Waals surface area contributed by atoms with Crippen molar-refractivity contribution < 1.29 is 13.9 Å². The number of ether oxygens (including phenoxy) is 1. The second-order valence-electron chi connectivity index (χ2n) is 8.97. The molecule has 2 aliphatic heterocycles. The molecule has 5 rings (SSSR count). The molecule has 1 amide bonds. The van der Waals surface area contributed by atoms with E-state index in [4.69, 9.17) is 4.74 Å². The molecule has 3 heterocycles. The zero-order valence-corrected chi connectivity index (χ0v) is 20.1. The molecule has 0 aliphatic carbocycles. The third-order valence-corrected chi connectivity index (χ3v) is 6.91. The molecule has 35 heavy (non-hydrogen) atoms. The largest absolute Gasteiger partial charge is 0.383 e. The average molecular weight is 479 g/mol. The Hall–Kier alpha value is -3.30. The molecule has 184 valence electrons. The number of amides is 1. The van der Waals surface area contributed by atoms with E-state index in [0.29, 0.717) is 57.3 Å². The number of para-hydroxylation sites is 1. The van der Waals surface area contributed by atoms with Crippen molar-refractivity contribution in [3.05, 3.63) is 60.0 Å². The molecule has 2 aliphatic rings. The van der Waals surface area contributed by atoms with Gasteiger partial charge < -0.3 is 19.4 Å². The summed E-state index contributed by atoms with van der Waals surface area (Å²) < 4.78 is 19.4. The standard InChI is InChI=1S/C26H31FN6O2/c1-35-19-18-30-10-12-33(13-11-30)26(34)24-20-6-2-3-7-21(20)25(29-28-24)32-16-14-31(15-17-32)23-9-5-4-8-22(23)27/h2-9H,10-19H2,1H3. The highest BCUT2D eigenvalue weighted by atomic mass is 19.1. The topological polar surface area (TPSA) is 65.0 Å². The van der Waals surface area contributed by atoms with Gasteiger partial charge in [-0.25, -0.2) is 4.39 Å². The Morgan fingerprint density at radius 3 is 2.23 bits per heavy atom. The number of fused-ring (bicyclic) bond motifs is 1. The van der Waals surface area contributed by atoms with Gasteiger partial charge in [0, 0.05) is 76.8 Å². The van der Waals surface area contributed by atoms with Crippen LogP contribution in [0.4, 0.5) is 15.9 Å². The van der Waals surface area contributed by atoms with Gasteiger partial charge in [-0.2, -0.15) is 0 Å². The van der Waals surface area contributed by atoms with Crippen LogP contribution in [-0.4, -0.2) is 98.5 Å². The zero-order chi connectivity index (χ0) is 24.2. The van der Waals surface area contributed by atoms with Gasteiger partial charge in [-0.05, 0) is 12.1 Å². The van der Waals surface area contributed by atoms with Gasteiger partial charge in [0.15, 0.2) is 11.5 Å². The molecule has 0 atom stereocenters. The molecule has 3 aromatic rings. The maximum Gasteiger partial charge on any atom is 0.275 e. The average Bonchev–Trinajstić information content (AvgIpc) is 2.92. The minimum Gasteiger partial charge on any atom is -0.383 e. The summed E-state index contributed by atoms with van der Waals surface area (Å²) in [7, 11) is 1.70. The molecule has 0 radical (unpaired) electrons. The fraction of sp³-hybridized carbons (Fsp3) is 0.423. The van der Waals surface area contributed by atoms with Crippen molar-refractivity contribution in [3.8, 4) is 0 Å². The molecule has 9 heteroatoms. The smallest absolute Gasteiger partial charge is 0.275 e. The van der Waals surface area contributed by atoms with E-state index in [9.17, 15) is 9.18 Å². The van der Waals surface area contributed by atoms with Crippen molar-refractivity contribution in [1.82, 2.24) is 20.0 Å². The molecule has 2 fully saturated rings. The molecule has 2 saturated heterocycles. The van der Waals surface area contributed by atoms with Crippen molar-refractivity contribution in [1.29, 1.82) is 0 Å². The fourth-order valence-corrected chi connectivity index (χ4v) is 4.89. The molecule has 0 N–H and O–H groups in total. The predicted molar refractivity (Wildman–Crippen MR) is 135 cm³/mol. The Morgan fingerprint density at radius 2 is 1.51 bits per heavy atom. The van der Waals surface area contributed by atoms with Gasteiger partial charge in [-0.3, -0.25) is 9.69 Å². The second-order valence-corrected chi connectivity index (χ2v) is 8.97. The molecule has 0 spiro atoms. The summed E-state index contributed by atoms with van der Waals surface area (Å²) in [4.78, 5) is 21.8. The highest BCUT2D eigenvalue weighted by Gasteiger charge is 2.27. The van der Waals surface area contributed by atoms with E-state index in [-0.39, 0.29) is 11.7 Å². The lowest BCUT2D eigenvalue weighted by atomic mass is 10.1. The number of anilines is 2.